The van der Waals surface area contributed by atoms with Gasteiger partial charge in [0.2, 0.25) is 15.9 Å². The molecule has 8 nitrogen and oxygen atoms in total. The van der Waals surface area contributed by atoms with E-state index in [0.717, 1.165) is 44.1 Å². The molecule has 0 unspecified atom stereocenters. The number of hydrogen-bond acceptors (Lipinski definition) is 6. The van der Waals surface area contributed by atoms with Crippen LogP contribution in [-0.4, -0.2) is 58.5 Å². The zero-order valence-corrected chi connectivity index (χ0v) is 18.1. The van der Waals surface area contributed by atoms with Crippen molar-refractivity contribution < 1.29 is 27.1 Å². The Morgan fingerprint density at radius 3 is 2.29 bits per heavy atom. The quantitative estimate of drug-likeness (QED) is 0.676. The predicted molar refractivity (Wildman–Crippen MR) is 113 cm³/mol. The first kappa shape index (κ1) is 22.7. The molecular weight excluding hydrogens is 425 g/mol. The van der Waals surface area contributed by atoms with Gasteiger partial charge in [-0.25, -0.2) is 22.3 Å². The highest BCUT2D eigenvalue weighted by atomic mass is 32.2. The number of esters is 1. The van der Waals surface area contributed by atoms with E-state index in [1.165, 1.54) is 0 Å². The number of rotatable bonds is 6. The average Bonchev–Trinajstić information content (AvgIpc) is 2.78. The molecule has 1 amide bonds. The third kappa shape index (κ3) is 5.39. The van der Waals surface area contributed by atoms with Crippen molar-refractivity contribution in [2.75, 3.05) is 38.2 Å². The molecule has 0 aromatic heterocycles. The van der Waals surface area contributed by atoms with E-state index >= 15 is 0 Å². The largest absolute Gasteiger partial charge is 0.465 e. The molecule has 31 heavy (non-hydrogen) atoms. The van der Waals surface area contributed by atoms with E-state index in [-0.39, 0.29) is 18.0 Å². The summed E-state index contributed by atoms with van der Waals surface area (Å²) in [5, 5.41) is 0. The van der Waals surface area contributed by atoms with Crippen molar-refractivity contribution in [2.24, 2.45) is 0 Å². The fourth-order valence-corrected chi connectivity index (χ4v) is 4.43. The number of piperazine rings is 1. The summed E-state index contributed by atoms with van der Waals surface area (Å²) >= 11 is 0. The van der Waals surface area contributed by atoms with Gasteiger partial charge in [0.1, 0.15) is 10.7 Å². The summed E-state index contributed by atoms with van der Waals surface area (Å²) in [7, 11) is -3.02. The molecule has 2 aromatic carbocycles. The lowest BCUT2D eigenvalue weighted by Crippen LogP contribution is -2.48. The molecule has 0 bridgehead atoms. The number of carbonyl (C=O) groups is 2. The average molecular weight is 450 g/mol. The van der Waals surface area contributed by atoms with Crippen molar-refractivity contribution in [3.05, 3.63) is 59.4 Å². The number of benzene rings is 2. The number of amides is 1. The number of carbonyl (C=O) groups excluding carboxylic acids is 2. The Kier molecular flexibility index (Phi) is 6.91. The van der Waals surface area contributed by atoms with Crippen LogP contribution in [0.25, 0.3) is 0 Å². The first-order valence-corrected chi connectivity index (χ1v) is 11.2. The number of methoxy groups -OCH3 is 1. The van der Waals surface area contributed by atoms with Crippen LogP contribution in [0.1, 0.15) is 22.8 Å². The molecule has 2 aromatic rings. The second-order valence-corrected chi connectivity index (χ2v) is 8.86. The summed E-state index contributed by atoms with van der Waals surface area (Å²) in [5.41, 5.74) is 1.62. The molecule has 1 aliphatic heterocycles. The smallest absolute Gasteiger partial charge is 0.337 e. The standard InChI is InChI=1S/C21H24FN3O5S/c1-15(26)24-9-11-25(12-10-24)18-6-3-16(4-7-18)14-23-31(28,29)20-13-17(21(27)30-2)5-8-19(20)22/h3-8,13,23H,9-12,14H2,1-2H3. The number of ether oxygens (including phenoxy) is 1. The second kappa shape index (κ2) is 9.44. The van der Waals surface area contributed by atoms with Crippen LogP contribution in [-0.2, 0) is 26.1 Å². The third-order valence-corrected chi connectivity index (χ3v) is 6.55. The van der Waals surface area contributed by atoms with Gasteiger partial charge in [-0.2, -0.15) is 0 Å². The Bertz CT molecular complexity index is 1060. The van der Waals surface area contributed by atoms with Crippen LogP contribution < -0.4 is 9.62 Å². The third-order valence-electron chi connectivity index (χ3n) is 5.13. The normalized spacial score (nSPS) is 14.4. The van der Waals surface area contributed by atoms with Gasteiger partial charge in [0.25, 0.3) is 0 Å². The number of anilines is 1. The maximum atomic E-state index is 14.1. The maximum Gasteiger partial charge on any atom is 0.337 e. The zero-order valence-electron chi connectivity index (χ0n) is 17.3. The molecular formula is C21H24FN3O5S. The summed E-state index contributed by atoms with van der Waals surface area (Å²) < 4.78 is 46.1. The number of nitrogens with one attached hydrogen (secondary N) is 1. The van der Waals surface area contributed by atoms with Gasteiger partial charge >= 0.3 is 5.97 Å². The van der Waals surface area contributed by atoms with Crippen LogP contribution >= 0.6 is 0 Å². The molecule has 0 aliphatic carbocycles. The molecule has 1 saturated heterocycles. The highest BCUT2D eigenvalue weighted by Gasteiger charge is 2.22. The monoisotopic (exact) mass is 449 g/mol. The van der Waals surface area contributed by atoms with E-state index < -0.39 is 26.7 Å². The number of sulfonamides is 1. The van der Waals surface area contributed by atoms with Crippen molar-refractivity contribution in [1.82, 2.24) is 9.62 Å². The van der Waals surface area contributed by atoms with E-state index in [9.17, 15) is 22.4 Å². The van der Waals surface area contributed by atoms with Crippen LogP contribution in [0, 0.1) is 5.82 Å². The molecule has 0 radical (unpaired) electrons. The SMILES string of the molecule is COC(=O)c1ccc(F)c(S(=O)(=O)NCc2ccc(N3CCN(C(C)=O)CC3)cc2)c1. The number of halogens is 1. The van der Waals surface area contributed by atoms with Gasteiger partial charge in [0.05, 0.1) is 12.7 Å². The van der Waals surface area contributed by atoms with Crippen LogP contribution in [0.3, 0.4) is 0 Å². The minimum atomic E-state index is -4.18. The Labute approximate surface area is 180 Å². The van der Waals surface area contributed by atoms with Crippen LogP contribution in [0.5, 0.6) is 0 Å². The Morgan fingerprint density at radius 1 is 1.06 bits per heavy atom. The van der Waals surface area contributed by atoms with Crippen LogP contribution in [0.2, 0.25) is 0 Å². The topological polar surface area (TPSA) is 96.0 Å². The lowest BCUT2D eigenvalue weighted by molar-refractivity contribution is -0.129. The first-order valence-electron chi connectivity index (χ1n) is 9.68. The molecule has 10 heteroatoms. The van der Waals surface area contributed by atoms with Crippen molar-refractivity contribution in [3.8, 4) is 0 Å². The fourth-order valence-electron chi connectivity index (χ4n) is 3.31. The van der Waals surface area contributed by atoms with E-state index in [4.69, 9.17) is 0 Å². The Morgan fingerprint density at radius 2 is 1.71 bits per heavy atom. The fraction of sp³-hybridized carbons (Fsp3) is 0.333. The molecule has 0 atom stereocenters. The van der Waals surface area contributed by atoms with Gasteiger partial charge in [0, 0.05) is 45.3 Å². The van der Waals surface area contributed by atoms with Crippen LogP contribution in [0.15, 0.2) is 47.4 Å². The van der Waals surface area contributed by atoms with E-state index in [2.05, 4.69) is 14.4 Å². The van der Waals surface area contributed by atoms with Gasteiger partial charge < -0.3 is 14.5 Å². The molecule has 1 fully saturated rings. The molecule has 1 heterocycles. The van der Waals surface area contributed by atoms with Gasteiger partial charge in [0.15, 0.2) is 0 Å². The number of nitrogens with zero attached hydrogens (tertiary/aromatic N) is 2. The summed E-state index contributed by atoms with van der Waals surface area (Å²) in [6.45, 7) is 4.29. The van der Waals surface area contributed by atoms with Crippen molar-refractivity contribution in [2.45, 2.75) is 18.4 Å². The molecule has 0 spiro atoms. The van der Waals surface area contributed by atoms with Crippen molar-refractivity contribution in [3.63, 3.8) is 0 Å². The molecule has 166 valence electrons. The molecule has 3 rings (SSSR count). The Balaban J connectivity index is 1.65. The zero-order chi connectivity index (χ0) is 22.6. The van der Waals surface area contributed by atoms with Crippen LogP contribution in [0.4, 0.5) is 10.1 Å². The Hall–Kier alpha value is -2.98. The highest BCUT2D eigenvalue weighted by Crippen LogP contribution is 2.20. The summed E-state index contributed by atoms with van der Waals surface area (Å²) in [5.74, 6) is -1.65. The summed E-state index contributed by atoms with van der Waals surface area (Å²) in [4.78, 5) is 26.4. The lowest BCUT2D eigenvalue weighted by Gasteiger charge is -2.35. The maximum absolute atomic E-state index is 14.1. The summed E-state index contributed by atoms with van der Waals surface area (Å²) in [6, 6.07) is 10.4. The predicted octanol–water partition coefficient (Wildman–Crippen LogP) is 1.76. The van der Waals surface area contributed by atoms with Crippen molar-refractivity contribution in [1.29, 1.82) is 0 Å². The summed E-state index contributed by atoms with van der Waals surface area (Å²) in [6.07, 6.45) is 0. The molecule has 0 saturated carbocycles. The van der Waals surface area contributed by atoms with E-state index in [1.807, 2.05) is 12.1 Å². The first-order chi connectivity index (χ1) is 14.7. The van der Waals surface area contributed by atoms with E-state index in [1.54, 1.807) is 24.0 Å². The highest BCUT2D eigenvalue weighted by molar-refractivity contribution is 7.89. The van der Waals surface area contributed by atoms with Gasteiger partial charge in [-0.05, 0) is 35.9 Å². The molecule has 1 aliphatic rings. The van der Waals surface area contributed by atoms with Gasteiger partial charge in [-0.3, -0.25) is 4.79 Å². The molecule has 1 N–H and O–H groups in total. The number of hydrogen-bond donors (Lipinski definition) is 1. The van der Waals surface area contributed by atoms with E-state index in [0.29, 0.717) is 18.7 Å². The van der Waals surface area contributed by atoms with Gasteiger partial charge in [-0.15, -0.1) is 0 Å². The minimum Gasteiger partial charge on any atom is -0.465 e. The van der Waals surface area contributed by atoms with Crippen molar-refractivity contribution >= 4 is 27.6 Å². The minimum absolute atomic E-state index is 0.0391. The lowest BCUT2D eigenvalue weighted by atomic mass is 10.2. The van der Waals surface area contributed by atoms with Gasteiger partial charge in [-0.1, -0.05) is 12.1 Å². The second-order valence-electron chi connectivity index (χ2n) is 7.12.